The van der Waals surface area contributed by atoms with Gasteiger partial charge in [0.15, 0.2) is 0 Å². The fourth-order valence-corrected chi connectivity index (χ4v) is 3.41. The van der Waals surface area contributed by atoms with Crippen LogP contribution in [0.1, 0.15) is 54.8 Å². The molecule has 1 heterocycles. The van der Waals surface area contributed by atoms with Crippen LogP contribution in [0.15, 0.2) is 12.1 Å². The number of hydrogen-bond acceptors (Lipinski definition) is 3. The minimum Gasteiger partial charge on any atom is -0.382 e. The quantitative estimate of drug-likeness (QED) is 0.929. The first-order chi connectivity index (χ1) is 10.6. The van der Waals surface area contributed by atoms with Gasteiger partial charge in [0, 0.05) is 5.56 Å². The molecule has 0 radical (unpaired) electrons. The van der Waals surface area contributed by atoms with E-state index in [-0.39, 0.29) is 0 Å². The molecule has 2 aromatic rings. The lowest BCUT2D eigenvalue weighted by atomic mass is 9.87. The highest BCUT2D eigenvalue weighted by Gasteiger charge is 2.17. The Balaban J connectivity index is 2.18. The van der Waals surface area contributed by atoms with Gasteiger partial charge >= 0.3 is 0 Å². The molecule has 0 atom stereocenters. The van der Waals surface area contributed by atoms with Gasteiger partial charge < -0.3 is 5.73 Å². The van der Waals surface area contributed by atoms with Crippen molar-refractivity contribution in [1.82, 2.24) is 9.97 Å². The maximum Gasteiger partial charge on any atom is 0.145 e. The molecular formula is C19H25N3. The molecular weight excluding hydrogens is 270 g/mol. The van der Waals surface area contributed by atoms with Crippen LogP contribution in [0, 0.1) is 6.92 Å². The van der Waals surface area contributed by atoms with Gasteiger partial charge in [-0.05, 0) is 68.2 Å². The average Bonchev–Trinajstić information content (AvgIpc) is 2.54. The minimum absolute atomic E-state index is 0.582. The molecule has 0 fully saturated rings. The third-order valence-corrected chi connectivity index (χ3v) is 4.68. The number of aryl methyl sites for hydroxylation is 5. The van der Waals surface area contributed by atoms with Crippen LogP contribution in [0.5, 0.6) is 0 Å². The zero-order valence-electron chi connectivity index (χ0n) is 13.9. The molecule has 0 saturated carbocycles. The van der Waals surface area contributed by atoms with Crippen molar-refractivity contribution in [2.24, 2.45) is 0 Å². The van der Waals surface area contributed by atoms with Gasteiger partial charge in [-0.15, -0.1) is 0 Å². The van der Waals surface area contributed by atoms with Crippen molar-refractivity contribution in [3.05, 3.63) is 40.2 Å². The van der Waals surface area contributed by atoms with Crippen molar-refractivity contribution in [1.29, 1.82) is 0 Å². The summed E-state index contributed by atoms with van der Waals surface area (Å²) < 4.78 is 0. The second-order valence-electron chi connectivity index (χ2n) is 6.20. The number of nitrogens with zero attached hydrogens (tertiary/aromatic N) is 2. The Hall–Kier alpha value is -1.90. The lowest BCUT2D eigenvalue weighted by molar-refractivity contribution is 0.685. The van der Waals surface area contributed by atoms with Crippen molar-refractivity contribution < 1.29 is 0 Å². The Morgan fingerprint density at radius 2 is 1.59 bits per heavy atom. The molecule has 1 aromatic heterocycles. The Labute approximate surface area is 133 Å². The number of anilines is 1. The summed E-state index contributed by atoms with van der Waals surface area (Å²) in [6.45, 7) is 6.38. The third-order valence-electron chi connectivity index (χ3n) is 4.68. The van der Waals surface area contributed by atoms with Crippen LogP contribution in [-0.2, 0) is 25.7 Å². The molecule has 0 amide bonds. The molecule has 1 aromatic carbocycles. The van der Waals surface area contributed by atoms with Gasteiger partial charge in [0.25, 0.3) is 0 Å². The lowest BCUT2D eigenvalue weighted by Gasteiger charge is -2.20. The summed E-state index contributed by atoms with van der Waals surface area (Å²) in [5.41, 5.74) is 14.5. The first-order valence-electron chi connectivity index (χ1n) is 8.42. The Morgan fingerprint density at radius 3 is 2.23 bits per heavy atom. The SMILES string of the molecule is CCc1nc(-c2cc3c(cc2C)CCCC3)c(CC)nc1N. The predicted molar refractivity (Wildman–Crippen MR) is 92.0 cm³/mol. The summed E-state index contributed by atoms with van der Waals surface area (Å²) in [5.74, 6) is 0.582. The van der Waals surface area contributed by atoms with Crippen molar-refractivity contribution >= 4 is 5.82 Å². The van der Waals surface area contributed by atoms with Crippen molar-refractivity contribution in [3.8, 4) is 11.3 Å². The third kappa shape index (κ3) is 2.60. The van der Waals surface area contributed by atoms with Crippen LogP contribution >= 0.6 is 0 Å². The minimum atomic E-state index is 0.582. The number of nitrogen functional groups attached to an aromatic ring is 1. The van der Waals surface area contributed by atoms with E-state index in [0.717, 1.165) is 29.9 Å². The van der Waals surface area contributed by atoms with Gasteiger partial charge in [-0.3, -0.25) is 0 Å². The molecule has 0 spiro atoms. The number of fused-ring (bicyclic) bond motifs is 1. The van der Waals surface area contributed by atoms with Crippen LogP contribution in [0.4, 0.5) is 5.82 Å². The fourth-order valence-electron chi connectivity index (χ4n) is 3.41. The molecule has 116 valence electrons. The fraction of sp³-hybridized carbons (Fsp3) is 0.474. The molecule has 1 aliphatic carbocycles. The normalized spacial score (nSPS) is 14.0. The van der Waals surface area contributed by atoms with Crippen molar-refractivity contribution in [2.75, 3.05) is 5.73 Å². The number of benzene rings is 1. The Kier molecular flexibility index (Phi) is 4.14. The topological polar surface area (TPSA) is 51.8 Å². The van der Waals surface area contributed by atoms with E-state index in [1.807, 2.05) is 0 Å². The molecule has 0 unspecified atom stereocenters. The zero-order chi connectivity index (χ0) is 15.7. The summed E-state index contributed by atoms with van der Waals surface area (Å²) in [7, 11) is 0. The first-order valence-corrected chi connectivity index (χ1v) is 8.42. The summed E-state index contributed by atoms with van der Waals surface area (Å²) in [6, 6.07) is 4.70. The van der Waals surface area contributed by atoms with Gasteiger partial charge in [-0.1, -0.05) is 19.9 Å². The van der Waals surface area contributed by atoms with Crippen LogP contribution in [-0.4, -0.2) is 9.97 Å². The van der Waals surface area contributed by atoms with Crippen molar-refractivity contribution in [3.63, 3.8) is 0 Å². The average molecular weight is 295 g/mol. The highest BCUT2D eigenvalue weighted by Crippen LogP contribution is 2.32. The van der Waals surface area contributed by atoms with Crippen LogP contribution in [0.25, 0.3) is 11.3 Å². The number of rotatable bonds is 3. The smallest absolute Gasteiger partial charge is 0.145 e. The maximum atomic E-state index is 6.03. The van der Waals surface area contributed by atoms with E-state index in [0.29, 0.717) is 5.82 Å². The Bertz CT molecular complexity index is 704. The standard InChI is InChI=1S/C19H25N3/c1-4-16-18(21-17(5-2)19(20)22-16)15-11-14-9-7-6-8-13(14)10-12(15)3/h10-11H,4-9H2,1-3H3,(H2,20,22). The van der Waals surface area contributed by atoms with Gasteiger partial charge in [0.05, 0.1) is 17.1 Å². The van der Waals surface area contributed by atoms with Crippen molar-refractivity contribution in [2.45, 2.75) is 59.3 Å². The van der Waals surface area contributed by atoms with E-state index in [1.54, 1.807) is 0 Å². The lowest BCUT2D eigenvalue weighted by Crippen LogP contribution is -2.08. The molecule has 0 saturated heterocycles. The summed E-state index contributed by atoms with van der Waals surface area (Å²) in [4.78, 5) is 9.46. The second kappa shape index (κ2) is 6.07. The second-order valence-corrected chi connectivity index (χ2v) is 6.20. The number of hydrogen-bond donors (Lipinski definition) is 1. The molecule has 2 N–H and O–H groups in total. The van der Waals surface area contributed by atoms with Gasteiger partial charge in [-0.2, -0.15) is 0 Å². The summed E-state index contributed by atoms with van der Waals surface area (Å²) >= 11 is 0. The Morgan fingerprint density at radius 1 is 0.955 bits per heavy atom. The molecule has 3 rings (SSSR count). The van der Waals surface area contributed by atoms with Crippen LogP contribution in [0.3, 0.4) is 0 Å². The van der Waals surface area contributed by atoms with Gasteiger partial charge in [-0.25, -0.2) is 9.97 Å². The molecule has 1 aliphatic rings. The van der Waals surface area contributed by atoms with E-state index in [4.69, 9.17) is 10.7 Å². The highest BCUT2D eigenvalue weighted by molar-refractivity contribution is 5.69. The van der Waals surface area contributed by atoms with E-state index in [9.17, 15) is 0 Å². The van der Waals surface area contributed by atoms with Gasteiger partial charge in [0.1, 0.15) is 5.82 Å². The monoisotopic (exact) mass is 295 g/mol. The molecule has 3 heteroatoms. The molecule has 0 bridgehead atoms. The number of nitrogens with two attached hydrogens (primary N) is 1. The molecule has 0 aliphatic heterocycles. The molecule has 22 heavy (non-hydrogen) atoms. The largest absolute Gasteiger partial charge is 0.382 e. The van der Waals surface area contributed by atoms with E-state index in [1.165, 1.54) is 47.9 Å². The summed E-state index contributed by atoms with van der Waals surface area (Å²) in [5, 5.41) is 0. The summed E-state index contributed by atoms with van der Waals surface area (Å²) in [6.07, 6.45) is 6.68. The highest BCUT2D eigenvalue weighted by atomic mass is 14.9. The van der Waals surface area contributed by atoms with Gasteiger partial charge in [0.2, 0.25) is 0 Å². The predicted octanol–water partition coefficient (Wildman–Crippen LogP) is 4.04. The van der Waals surface area contributed by atoms with E-state index < -0.39 is 0 Å². The first kappa shape index (κ1) is 15.0. The van der Waals surface area contributed by atoms with E-state index >= 15 is 0 Å². The van der Waals surface area contributed by atoms with Crippen LogP contribution in [0.2, 0.25) is 0 Å². The zero-order valence-corrected chi connectivity index (χ0v) is 13.9. The number of aromatic nitrogens is 2. The van der Waals surface area contributed by atoms with Crippen LogP contribution < -0.4 is 5.73 Å². The maximum absolute atomic E-state index is 6.03. The molecule has 3 nitrogen and oxygen atoms in total. The van der Waals surface area contributed by atoms with E-state index in [2.05, 4.69) is 37.9 Å².